The van der Waals surface area contributed by atoms with Crippen molar-refractivity contribution in [1.82, 2.24) is 10.3 Å². The Morgan fingerprint density at radius 1 is 1.23 bits per heavy atom. The highest BCUT2D eigenvalue weighted by molar-refractivity contribution is 7.10. The summed E-state index contributed by atoms with van der Waals surface area (Å²) in [6.45, 7) is 0.484. The van der Waals surface area contributed by atoms with Crippen molar-refractivity contribution in [3.8, 4) is 16.9 Å². The lowest BCUT2D eigenvalue weighted by Crippen LogP contribution is -2.33. The first kappa shape index (κ1) is 16.5. The van der Waals surface area contributed by atoms with E-state index in [1.807, 2.05) is 41.8 Å². The molecule has 3 heterocycles. The van der Waals surface area contributed by atoms with Gasteiger partial charge in [0.25, 0.3) is 0 Å². The summed E-state index contributed by atoms with van der Waals surface area (Å²) in [6.07, 6.45) is 7.69. The van der Waals surface area contributed by atoms with E-state index in [9.17, 15) is 4.79 Å². The fraction of sp³-hybridized carbons (Fsp3) is 0.143. The normalized spacial score (nSPS) is 15.6. The summed E-state index contributed by atoms with van der Waals surface area (Å²) >= 11 is 1.60. The zero-order valence-corrected chi connectivity index (χ0v) is 14.9. The molecule has 0 saturated carbocycles. The molecule has 0 radical (unpaired) electrons. The number of aromatic nitrogens is 1. The van der Waals surface area contributed by atoms with Crippen LogP contribution in [0.15, 0.2) is 66.3 Å². The van der Waals surface area contributed by atoms with Crippen LogP contribution in [0.1, 0.15) is 10.4 Å². The zero-order valence-electron chi connectivity index (χ0n) is 14.1. The number of carbonyl (C=O) groups excluding carboxylic acids is 1. The van der Waals surface area contributed by atoms with E-state index in [1.165, 1.54) is 5.56 Å². The zero-order chi connectivity index (χ0) is 17.8. The first-order chi connectivity index (χ1) is 12.8. The van der Waals surface area contributed by atoms with Gasteiger partial charge in [0.2, 0.25) is 5.91 Å². The van der Waals surface area contributed by atoms with Gasteiger partial charge in [-0.2, -0.15) is 0 Å². The van der Waals surface area contributed by atoms with Gasteiger partial charge in [0.15, 0.2) is 0 Å². The SMILES string of the molecule is O=C(/C=C/c1cccs1)NC[C@H]1Cc2cccc(-c3ccncc3)c2O1. The molecule has 4 nitrogen and oxygen atoms in total. The predicted octanol–water partition coefficient (Wildman–Crippen LogP) is 3.94. The van der Waals surface area contributed by atoms with E-state index in [2.05, 4.69) is 22.4 Å². The third-order valence-electron chi connectivity index (χ3n) is 4.27. The quantitative estimate of drug-likeness (QED) is 0.700. The maximum atomic E-state index is 12.0. The van der Waals surface area contributed by atoms with E-state index in [4.69, 9.17) is 4.74 Å². The second-order valence-electron chi connectivity index (χ2n) is 6.07. The fourth-order valence-electron chi connectivity index (χ4n) is 3.03. The monoisotopic (exact) mass is 362 g/mol. The number of thiophene rings is 1. The number of ether oxygens (including phenoxy) is 1. The predicted molar refractivity (Wildman–Crippen MR) is 104 cm³/mol. The third-order valence-corrected chi connectivity index (χ3v) is 5.10. The summed E-state index contributed by atoms with van der Waals surface area (Å²) in [5, 5.41) is 4.91. The standard InChI is InChI=1S/C21H18N2O2S/c24-20(7-6-18-4-2-12-26-18)23-14-17-13-16-3-1-5-19(21(16)25-17)15-8-10-22-11-9-15/h1-12,17H,13-14H2,(H,23,24)/b7-6+/t17-/m1/s1. The lowest BCUT2D eigenvalue weighted by molar-refractivity contribution is -0.116. The van der Waals surface area contributed by atoms with Crippen molar-refractivity contribution in [2.45, 2.75) is 12.5 Å². The highest BCUT2D eigenvalue weighted by Gasteiger charge is 2.25. The Balaban J connectivity index is 1.39. The van der Waals surface area contributed by atoms with Crippen molar-refractivity contribution >= 4 is 23.3 Å². The summed E-state index contributed by atoms with van der Waals surface area (Å²) < 4.78 is 6.14. The summed E-state index contributed by atoms with van der Waals surface area (Å²) in [4.78, 5) is 17.1. The summed E-state index contributed by atoms with van der Waals surface area (Å²) in [5.41, 5.74) is 3.32. The molecule has 1 aromatic carbocycles. The number of carbonyl (C=O) groups is 1. The van der Waals surface area contributed by atoms with E-state index in [0.717, 1.165) is 28.2 Å². The number of hydrogen-bond donors (Lipinski definition) is 1. The van der Waals surface area contributed by atoms with Crippen molar-refractivity contribution in [1.29, 1.82) is 0 Å². The van der Waals surface area contributed by atoms with E-state index in [1.54, 1.807) is 29.8 Å². The van der Waals surface area contributed by atoms with Gasteiger partial charge < -0.3 is 10.1 Å². The molecular formula is C21H18N2O2S. The average Bonchev–Trinajstić information content (AvgIpc) is 3.34. The number of rotatable bonds is 5. The van der Waals surface area contributed by atoms with E-state index in [-0.39, 0.29) is 12.0 Å². The maximum absolute atomic E-state index is 12.0. The Labute approximate surface area is 156 Å². The van der Waals surface area contributed by atoms with Gasteiger partial charge in [-0.1, -0.05) is 24.3 Å². The van der Waals surface area contributed by atoms with Crippen LogP contribution in [0.2, 0.25) is 0 Å². The minimum atomic E-state index is -0.104. The number of nitrogens with zero attached hydrogens (tertiary/aromatic N) is 1. The third kappa shape index (κ3) is 3.68. The number of para-hydroxylation sites is 1. The fourth-order valence-corrected chi connectivity index (χ4v) is 3.65. The minimum Gasteiger partial charge on any atom is -0.487 e. The van der Waals surface area contributed by atoms with Crippen LogP contribution in [0, 0.1) is 0 Å². The Morgan fingerprint density at radius 3 is 2.92 bits per heavy atom. The first-order valence-corrected chi connectivity index (χ1v) is 9.36. The van der Waals surface area contributed by atoms with E-state index < -0.39 is 0 Å². The van der Waals surface area contributed by atoms with E-state index in [0.29, 0.717) is 6.54 Å². The number of pyridine rings is 1. The molecule has 0 fully saturated rings. The van der Waals surface area contributed by atoms with Crippen molar-refractivity contribution in [3.05, 3.63) is 76.8 Å². The van der Waals surface area contributed by atoms with Gasteiger partial charge in [0, 0.05) is 35.3 Å². The highest BCUT2D eigenvalue weighted by Crippen LogP contribution is 2.38. The minimum absolute atomic E-state index is 0.0490. The molecule has 0 aliphatic carbocycles. The number of benzene rings is 1. The number of amides is 1. The van der Waals surface area contributed by atoms with Gasteiger partial charge in [-0.25, -0.2) is 0 Å². The lowest BCUT2D eigenvalue weighted by atomic mass is 10.0. The molecule has 1 atom stereocenters. The topological polar surface area (TPSA) is 51.2 Å². The Morgan fingerprint density at radius 2 is 2.12 bits per heavy atom. The largest absolute Gasteiger partial charge is 0.487 e. The summed E-state index contributed by atoms with van der Waals surface area (Å²) in [7, 11) is 0. The average molecular weight is 362 g/mol. The molecular weight excluding hydrogens is 344 g/mol. The molecule has 26 heavy (non-hydrogen) atoms. The van der Waals surface area contributed by atoms with Gasteiger partial charge in [-0.15, -0.1) is 11.3 Å². The molecule has 1 aliphatic heterocycles. The van der Waals surface area contributed by atoms with Gasteiger partial charge in [0.05, 0.1) is 6.54 Å². The van der Waals surface area contributed by atoms with E-state index >= 15 is 0 Å². The van der Waals surface area contributed by atoms with Crippen molar-refractivity contribution in [2.75, 3.05) is 6.54 Å². The molecule has 1 N–H and O–H groups in total. The Bertz CT molecular complexity index is 920. The van der Waals surface area contributed by atoms with Crippen LogP contribution in [-0.4, -0.2) is 23.5 Å². The summed E-state index contributed by atoms with van der Waals surface area (Å²) in [6, 6.07) is 14.1. The van der Waals surface area contributed by atoms with Crippen LogP contribution in [0.4, 0.5) is 0 Å². The van der Waals surface area contributed by atoms with Gasteiger partial charge in [-0.05, 0) is 40.8 Å². The summed E-state index contributed by atoms with van der Waals surface area (Å²) in [5.74, 6) is 0.805. The molecule has 0 spiro atoms. The van der Waals surface area contributed by atoms with Crippen LogP contribution < -0.4 is 10.1 Å². The van der Waals surface area contributed by atoms with Gasteiger partial charge in [-0.3, -0.25) is 9.78 Å². The van der Waals surface area contributed by atoms with Crippen LogP contribution in [0.3, 0.4) is 0 Å². The number of nitrogens with one attached hydrogen (secondary N) is 1. The Hall–Kier alpha value is -2.92. The molecule has 1 amide bonds. The van der Waals surface area contributed by atoms with Crippen LogP contribution in [0.25, 0.3) is 17.2 Å². The highest BCUT2D eigenvalue weighted by atomic mass is 32.1. The second kappa shape index (κ2) is 7.54. The van der Waals surface area contributed by atoms with Crippen LogP contribution >= 0.6 is 11.3 Å². The smallest absolute Gasteiger partial charge is 0.244 e. The maximum Gasteiger partial charge on any atom is 0.244 e. The molecule has 0 bridgehead atoms. The Kier molecular flexibility index (Phi) is 4.80. The van der Waals surface area contributed by atoms with Crippen LogP contribution in [-0.2, 0) is 11.2 Å². The molecule has 1 aliphatic rings. The molecule has 130 valence electrons. The molecule has 0 unspecified atom stereocenters. The van der Waals surface area contributed by atoms with Gasteiger partial charge in [0.1, 0.15) is 11.9 Å². The molecule has 3 aromatic rings. The molecule has 4 rings (SSSR count). The molecule has 5 heteroatoms. The van der Waals surface area contributed by atoms with Crippen molar-refractivity contribution in [2.24, 2.45) is 0 Å². The number of fused-ring (bicyclic) bond motifs is 1. The van der Waals surface area contributed by atoms with Crippen molar-refractivity contribution < 1.29 is 9.53 Å². The lowest BCUT2D eigenvalue weighted by Gasteiger charge is -2.13. The molecule has 0 saturated heterocycles. The second-order valence-corrected chi connectivity index (χ2v) is 7.05. The van der Waals surface area contributed by atoms with Crippen LogP contribution in [0.5, 0.6) is 5.75 Å². The number of hydrogen-bond acceptors (Lipinski definition) is 4. The molecule has 2 aromatic heterocycles. The van der Waals surface area contributed by atoms with Crippen molar-refractivity contribution in [3.63, 3.8) is 0 Å². The van der Waals surface area contributed by atoms with Gasteiger partial charge >= 0.3 is 0 Å². The first-order valence-electron chi connectivity index (χ1n) is 8.48.